The maximum absolute atomic E-state index is 11.4. The van der Waals surface area contributed by atoms with Crippen molar-refractivity contribution in [3.63, 3.8) is 0 Å². The van der Waals surface area contributed by atoms with E-state index in [4.69, 9.17) is 4.74 Å². The van der Waals surface area contributed by atoms with E-state index >= 15 is 0 Å². The maximum Gasteiger partial charge on any atom is 0.376 e. The lowest BCUT2D eigenvalue weighted by molar-refractivity contribution is 0.0363. The van der Waals surface area contributed by atoms with Gasteiger partial charge in [0.05, 0.1) is 12.3 Å². The third-order valence-corrected chi connectivity index (χ3v) is 1.68. The lowest BCUT2D eigenvalue weighted by atomic mass is 10.5. The van der Waals surface area contributed by atoms with Gasteiger partial charge >= 0.3 is 5.97 Å². The van der Waals surface area contributed by atoms with Crippen LogP contribution in [0.4, 0.5) is 0 Å². The predicted octanol–water partition coefficient (Wildman–Crippen LogP) is 0.690. The highest BCUT2D eigenvalue weighted by Crippen LogP contribution is 2.01. The van der Waals surface area contributed by atoms with Crippen LogP contribution in [0.25, 0.3) is 5.65 Å². The van der Waals surface area contributed by atoms with Crippen molar-refractivity contribution in [2.45, 2.75) is 20.0 Å². The van der Waals surface area contributed by atoms with Crippen molar-refractivity contribution in [1.29, 1.82) is 0 Å². The molecule has 0 atom stereocenters. The van der Waals surface area contributed by atoms with Gasteiger partial charge in [0.2, 0.25) is 5.82 Å². The zero-order valence-electron chi connectivity index (χ0n) is 8.41. The Hall–Kier alpha value is -1.98. The van der Waals surface area contributed by atoms with Crippen LogP contribution in [0.1, 0.15) is 24.5 Å². The summed E-state index contributed by atoms with van der Waals surface area (Å²) in [7, 11) is 0. The molecule has 0 N–H and O–H groups in total. The van der Waals surface area contributed by atoms with E-state index in [1.54, 1.807) is 26.1 Å². The van der Waals surface area contributed by atoms with Gasteiger partial charge in [-0.25, -0.2) is 19.3 Å². The monoisotopic (exact) mass is 206 g/mol. The third-order valence-electron chi connectivity index (χ3n) is 1.68. The Bertz CT molecular complexity index is 492. The normalized spacial score (nSPS) is 10.9. The average molecular weight is 206 g/mol. The molecule has 0 radical (unpaired) electrons. The summed E-state index contributed by atoms with van der Waals surface area (Å²) < 4.78 is 6.45. The van der Waals surface area contributed by atoms with Crippen LogP contribution in [0, 0.1) is 0 Å². The summed E-state index contributed by atoms with van der Waals surface area (Å²) in [4.78, 5) is 19.3. The van der Waals surface area contributed by atoms with Crippen molar-refractivity contribution in [2.75, 3.05) is 0 Å². The molecule has 0 bridgehead atoms. The molecule has 0 aliphatic carbocycles. The Morgan fingerprint density at radius 1 is 1.53 bits per heavy atom. The first-order chi connectivity index (χ1) is 7.16. The molecule has 2 aromatic heterocycles. The molecule has 0 aromatic carbocycles. The van der Waals surface area contributed by atoms with Gasteiger partial charge in [-0.1, -0.05) is 0 Å². The van der Waals surface area contributed by atoms with E-state index in [9.17, 15) is 4.79 Å². The molecule has 78 valence electrons. The van der Waals surface area contributed by atoms with Gasteiger partial charge in [-0.05, 0) is 13.8 Å². The van der Waals surface area contributed by atoms with Gasteiger partial charge in [0, 0.05) is 6.07 Å². The minimum atomic E-state index is -0.520. The van der Waals surface area contributed by atoms with Crippen molar-refractivity contribution < 1.29 is 9.53 Å². The summed E-state index contributed by atoms with van der Waals surface area (Å²) in [6.07, 6.45) is 2.84. The molecular formula is C9H10N4O2. The number of esters is 1. The molecule has 6 nitrogen and oxygen atoms in total. The van der Waals surface area contributed by atoms with Crippen LogP contribution in [0.15, 0.2) is 18.6 Å². The summed E-state index contributed by atoms with van der Waals surface area (Å²) in [5.74, 6) is -0.467. The number of ether oxygens (including phenoxy) is 1. The molecule has 0 fully saturated rings. The summed E-state index contributed by atoms with van der Waals surface area (Å²) >= 11 is 0. The fourth-order valence-electron chi connectivity index (χ4n) is 1.10. The van der Waals surface area contributed by atoms with Crippen LogP contribution >= 0.6 is 0 Å². The Labute approximate surface area is 85.9 Å². The second-order valence-corrected chi connectivity index (χ2v) is 3.27. The lowest BCUT2D eigenvalue weighted by Gasteiger charge is -2.05. The van der Waals surface area contributed by atoms with Crippen molar-refractivity contribution in [3.8, 4) is 0 Å². The Morgan fingerprint density at radius 2 is 2.33 bits per heavy atom. The fourth-order valence-corrected chi connectivity index (χ4v) is 1.10. The van der Waals surface area contributed by atoms with Crippen LogP contribution in [-0.2, 0) is 4.74 Å². The molecule has 2 rings (SSSR count). The molecule has 0 saturated heterocycles. The van der Waals surface area contributed by atoms with E-state index in [2.05, 4.69) is 15.1 Å². The van der Waals surface area contributed by atoms with E-state index in [1.807, 2.05) is 0 Å². The summed E-state index contributed by atoms with van der Waals surface area (Å²) in [5.41, 5.74) is 0.570. The smallest absolute Gasteiger partial charge is 0.376 e. The number of nitrogens with zero attached hydrogens (tertiary/aromatic N) is 4. The molecule has 6 heteroatoms. The molecule has 15 heavy (non-hydrogen) atoms. The van der Waals surface area contributed by atoms with Crippen molar-refractivity contribution in [2.24, 2.45) is 0 Å². The number of rotatable bonds is 2. The van der Waals surface area contributed by atoms with Crippen LogP contribution in [0.5, 0.6) is 0 Å². The largest absolute Gasteiger partial charge is 0.457 e. The summed E-state index contributed by atoms with van der Waals surface area (Å²) in [5, 5.41) is 3.92. The fraction of sp³-hybridized carbons (Fsp3) is 0.333. The van der Waals surface area contributed by atoms with Crippen molar-refractivity contribution in [3.05, 3.63) is 24.4 Å². The zero-order valence-corrected chi connectivity index (χ0v) is 8.41. The molecule has 0 amide bonds. The molecular weight excluding hydrogens is 196 g/mol. The Kier molecular flexibility index (Phi) is 2.32. The van der Waals surface area contributed by atoms with Gasteiger partial charge in [-0.15, -0.1) is 0 Å². The number of aromatic nitrogens is 4. The first-order valence-electron chi connectivity index (χ1n) is 4.54. The topological polar surface area (TPSA) is 69.4 Å². The summed E-state index contributed by atoms with van der Waals surface area (Å²) in [6, 6.07) is 1.69. The highest BCUT2D eigenvalue weighted by Gasteiger charge is 2.13. The van der Waals surface area contributed by atoms with Gasteiger partial charge in [0.1, 0.15) is 6.33 Å². The van der Waals surface area contributed by atoms with E-state index in [0.29, 0.717) is 5.65 Å². The minimum absolute atomic E-state index is 0.0525. The van der Waals surface area contributed by atoms with Gasteiger partial charge in [-0.2, -0.15) is 5.10 Å². The molecule has 2 aromatic rings. The molecule has 0 unspecified atom stereocenters. The first-order valence-corrected chi connectivity index (χ1v) is 4.54. The number of carbonyl (C=O) groups excluding carboxylic acids is 1. The number of carbonyl (C=O) groups is 1. The first kappa shape index (κ1) is 9.57. The van der Waals surface area contributed by atoms with E-state index in [-0.39, 0.29) is 11.9 Å². The number of fused-ring (bicyclic) bond motifs is 1. The minimum Gasteiger partial charge on any atom is -0.457 e. The van der Waals surface area contributed by atoms with Crippen molar-refractivity contribution >= 4 is 11.6 Å². The molecule has 2 heterocycles. The van der Waals surface area contributed by atoms with Crippen LogP contribution < -0.4 is 0 Å². The number of hydrogen-bond donors (Lipinski definition) is 0. The van der Waals surface area contributed by atoms with Crippen molar-refractivity contribution in [1.82, 2.24) is 19.6 Å². The molecule has 0 spiro atoms. The molecule has 0 aliphatic rings. The van der Waals surface area contributed by atoms with Gasteiger partial charge in [0.15, 0.2) is 5.65 Å². The highest BCUT2D eigenvalue weighted by atomic mass is 16.5. The highest BCUT2D eigenvalue weighted by molar-refractivity contribution is 5.85. The van der Waals surface area contributed by atoms with Gasteiger partial charge in [0.25, 0.3) is 0 Å². The van der Waals surface area contributed by atoms with Gasteiger partial charge in [-0.3, -0.25) is 0 Å². The second-order valence-electron chi connectivity index (χ2n) is 3.27. The Morgan fingerprint density at radius 3 is 3.07 bits per heavy atom. The Balaban J connectivity index is 2.31. The van der Waals surface area contributed by atoms with Gasteiger partial charge < -0.3 is 4.74 Å². The SMILES string of the molecule is CC(C)OC(=O)c1ncn2nccc2n1. The van der Waals surface area contributed by atoms with E-state index < -0.39 is 5.97 Å². The average Bonchev–Trinajstić information content (AvgIpc) is 2.62. The lowest BCUT2D eigenvalue weighted by Crippen LogP contribution is -2.15. The standard InChI is InChI=1S/C9H10N4O2/c1-6(2)15-9(14)8-10-5-13-7(12-8)3-4-11-13/h3-6H,1-2H3. The maximum atomic E-state index is 11.4. The number of hydrogen-bond acceptors (Lipinski definition) is 5. The quantitative estimate of drug-likeness (QED) is 0.676. The zero-order chi connectivity index (χ0) is 10.8. The second kappa shape index (κ2) is 3.64. The van der Waals surface area contributed by atoms with Crippen LogP contribution in [0.3, 0.4) is 0 Å². The van der Waals surface area contributed by atoms with Crippen LogP contribution in [-0.4, -0.2) is 31.7 Å². The third kappa shape index (κ3) is 1.93. The van der Waals surface area contributed by atoms with E-state index in [1.165, 1.54) is 10.8 Å². The summed E-state index contributed by atoms with van der Waals surface area (Å²) in [6.45, 7) is 3.55. The molecule has 0 aliphatic heterocycles. The molecule has 0 saturated carbocycles. The predicted molar refractivity (Wildman–Crippen MR) is 51.3 cm³/mol. The van der Waals surface area contributed by atoms with Crippen LogP contribution in [0.2, 0.25) is 0 Å². The van der Waals surface area contributed by atoms with E-state index in [0.717, 1.165) is 0 Å².